The molecule has 0 aromatic rings. The summed E-state index contributed by atoms with van der Waals surface area (Å²) in [6, 6.07) is 0.146. The van der Waals surface area contributed by atoms with Gasteiger partial charge in [-0.3, -0.25) is 0 Å². The summed E-state index contributed by atoms with van der Waals surface area (Å²) in [7, 11) is -3.02. The van der Waals surface area contributed by atoms with E-state index in [4.69, 9.17) is 0 Å². The van der Waals surface area contributed by atoms with Gasteiger partial charge in [0.15, 0.2) is 9.84 Å². The molecular formula is C12H23NO3S. The molecule has 1 heterocycles. The summed E-state index contributed by atoms with van der Waals surface area (Å²) in [5, 5.41) is 13.1. The number of rotatable bonds is 2. The van der Waals surface area contributed by atoms with Crippen molar-refractivity contribution in [3.05, 3.63) is 0 Å². The molecule has 1 aliphatic carbocycles. The molecule has 1 aliphatic heterocycles. The molecule has 0 aromatic heterocycles. The van der Waals surface area contributed by atoms with Gasteiger partial charge in [-0.25, -0.2) is 8.42 Å². The van der Waals surface area contributed by atoms with E-state index in [9.17, 15) is 13.5 Å². The number of hydrogen-bond acceptors (Lipinski definition) is 4. The zero-order valence-electron chi connectivity index (χ0n) is 10.3. The Balaban J connectivity index is 1.87. The average molecular weight is 261 g/mol. The Hall–Kier alpha value is -0.130. The molecule has 100 valence electrons. The van der Waals surface area contributed by atoms with Crippen LogP contribution in [0.1, 0.15) is 44.9 Å². The van der Waals surface area contributed by atoms with Crippen molar-refractivity contribution in [1.82, 2.24) is 5.32 Å². The number of hydrogen-bond donors (Lipinski definition) is 2. The minimum Gasteiger partial charge on any atom is -0.390 e. The van der Waals surface area contributed by atoms with Crippen molar-refractivity contribution in [1.29, 1.82) is 0 Å². The van der Waals surface area contributed by atoms with Crippen LogP contribution in [0.3, 0.4) is 0 Å². The van der Waals surface area contributed by atoms with Gasteiger partial charge < -0.3 is 10.4 Å². The van der Waals surface area contributed by atoms with Gasteiger partial charge >= 0.3 is 0 Å². The topological polar surface area (TPSA) is 66.4 Å². The molecule has 0 radical (unpaired) electrons. The molecule has 2 fully saturated rings. The summed E-state index contributed by atoms with van der Waals surface area (Å²) >= 11 is 0. The van der Waals surface area contributed by atoms with Crippen LogP contribution in [0, 0.1) is 0 Å². The SMILES string of the molecule is O=S1(=O)CC(O)C(NC2CCCCCCC2)C1. The molecule has 2 aliphatic rings. The third-order valence-electron chi connectivity index (χ3n) is 3.88. The molecule has 1 saturated carbocycles. The van der Waals surface area contributed by atoms with Crippen LogP contribution in [0.25, 0.3) is 0 Å². The highest BCUT2D eigenvalue weighted by Gasteiger charge is 2.37. The summed E-state index contributed by atoms with van der Waals surface area (Å²) in [4.78, 5) is 0. The van der Waals surface area contributed by atoms with Gasteiger partial charge in [-0.05, 0) is 12.8 Å². The van der Waals surface area contributed by atoms with Crippen molar-refractivity contribution in [3.8, 4) is 0 Å². The summed E-state index contributed by atoms with van der Waals surface area (Å²) in [6.45, 7) is 0. The van der Waals surface area contributed by atoms with Crippen molar-refractivity contribution < 1.29 is 13.5 Å². The Morgan fingerprint density at radius 3 is 2.06 bits per heavy atom. The Labute approximate surface area is 104 Å². The van der Waals surface area contributed by atoms with E-state index in [1.807, 2.05) is 0 Å². The van der Waals surface area contributed by atoms with Crippen LogP contribution in [0.4, 0.5) is 0 Å². The van der Waals surface area contributed by atoms with Crippen LogP contribution in [0.2, 0.25) is 0 Å². The zero-order valence-corrected chi connectivity index (χ0v) is 11.1. The van der Waals surface area contributed by atoms with Crippen molar-refractivity contribution in [2.75, 3.05) is 11.5 Å². The maximum absolute atomic E-state index is 11.4. The van der Waals surface area contributed by atoms with Gasteiger partial charge in [-0.1, -0.05) is 32.1 Å². The highest BCUT2D eigenvalue weighted by molar-refractivity contribution is 7.91. The standard InChI is InChI=1S/C12H23NO3S/c14-12-9-17(15,16)8-11(12)13-10-6-4-2-1-3-5-7-10/h10-14H,1-9H2. The van der Waals surface area contributed by atoms with Crippen molar-refractivity contribution in [2.45, 2.75) is 63.1 Å². The highest BCUT2D eigenvalue weighted by atomic mass is 32.2. The van der Waals surface area contributed by atoms with E-state index in [1.54, 1.807) is 0 Å². The number of sulfone groups is 1. The molecule has 2 N–H and O–H groups in total. The lowest BCUT2D eigenvalue weighted by Crippen LogP contribution is -2.45. The fraction of sp³-hybridized carbons (Fsp3) is 1.00. The summed E-state index contributed by atoms with van der Waals surface area (Å²) < 4.78 is 22.8. The third-order valence-corrected chi connectivity index (χ3v) is 5.59. The van der Waals surface area contributed by atoms with Gasteiger partial charge in [0, 0.05) is 12.1 Å². The first-order valence-electron chi connectivity index (χ1n) is 6.71. The lowest BCUT2D eigenvalue weighted by atomic mass is 9.96. The van der Waals surface area contributed by atoms with Crippen LogP contribution in [-0.2, 0) is 9.84 Å². The fourth-order valence-electron chi connectivity index (χ4n) is 2.91. The normalized spacial score (nSPS) is 35.4. The van der Waals surface area contributed by atoms with E-state index < -0.39 is 15.9 Å². The predicted molar refractivity (Wildman–Crippen MR) is 67.7 cm³/mol. The smallest absolute Gasteiger partial charge is 0.154 e. The van der Waals surface area contributed by atoms with Crippen molar-refractivity contribution in [3.63, 3.8) is 0 Å². The fourth-order valence-corrected chi connectivity index (χ4v) is 4.67. The van der Waals surface area contributed by atoms with E-state index >= 15 is 0 Å². The number of aliphatic hydroxyl groups excluding tert-OH is 1. The van der Waals surface area contributed by atoms with Crippen LogP contribution >= 0.6 is 0 Å². The molecule has 0 spiro atoms. The minimum absolute atomic E-state index is 0.0720. The average Bonchev–Trinajstić information content (AvgIpc) is 2.44. The second-order valence-electron chi connectivity index (χ2n) is 5.46. The van der Waals surface area contributed by atoms with Gasteiger partial charge in [0.2, 0.25) is 0 Å². The molecule has 4 nitrogen and oxygen atoms in total. The van der Waals surface area contributed by atoms with Gasteiger partial charge in [-0.2, -0.15) is 0 Å². The van der Waals surface area contributed by atoms with E-state index in [0.29, 0.717) is 6.04 Å². The maximum Gasteiger partial charge on any atom is 0.154 e. The van der Waals surface area contributed by atoms with E-state index in [-0.39, 0.29) is 17.5 Å². The quantitative estimate of drug-likeness (QED) is 0.773. The first kappa shape index (κ1) is 13.3. The van der Waals surface area contributed by atoms with Gasteiger partial charge in [0.25, 0.3) is 0 Å². The molecule has 2 unspecified atom stereocenters. The van der Waals surface area contributed by atoms with E-state index in [1.165, 1.54) is 32.1 Å². The molecule has 0 aromatic carbocycles. The maximum atomic E-state index is 11.4. The molecule has 17 heavy (non-hydrogen) atoms. The summed E-state index contributed by atoms with van der Waals surface area (Å²) in [5.74, 6) is 0.0298. The van der Waals surface area contributed by atoms with E-state index in [2.05, 4.69) is 5.32 Å². The van der Waals surface area contributed by atoms with E-state index in [0.717, 1.165) is 12.8 Å². The van der Waals surface area contributed by atoms with Crippen LogP contribution in [0.15, 0.2) is 0 Å². The second-order valence-corrected chi connectivity index (χ2v) is 7.61. The van der Waals surface area contributed by atoms with Gasteiger partial charge in [-0.15, -0.1) is 0 Å². The van der Waals surface area contributed by atoms with Crippen LogP contribution in [0.5, 0.6) is 0 Å². The molecule has 0 bridgehead atoms. The first-order valence-corrected chi connectivity index (χ1v) is 8.53. The summed E-state index contributed by atoms with van der Waals surface area (Å²) in [6.07, 6.45) is 7.83. The van der Waals surface area contributed by atoms with Gasteiger partial charge in [0.1, 0.15) is 0 Å². The van der Waals surface area contributed by atoms with Gasteiger partial charge in [0.05, 0.1) is 17.6 Å². The molecule has 0 amide bonds. The minimum atomic E-state index is -3.02. The van der Waals surface area contributed by atoms with Crippen molar-refractivity contribution >= 4 is 9.84 Å². The van der Waals surface area contributed by atoms with Crippen LogP contribution < -0.4 is 5.32 Å². The third kappa shape index (κ3) is 3.93. The Morgan fingerprint density at radius 1 is 0.941 bits per heavy atom. The molecular weight excluding hydrogens is 238 g/mol. The van der Waals surface area contributed by atoms with Crippen molar-refractivity contribution in [2.24, 2.45) is 0 Å². The lowest BCUT2D eigenvalue weighted by molar-refractivity contribution is 0.155. The Bertz CT molecular complexity index is 334. The largest absolute Gasteiger partial charge is 0.390 e. The molecule has 2 rings (SSSR count). The lowest BCUT2D eigenvalue weighted by Gasteiger charge is -2.25. The Morgan fingerprint density at radius 2 is 1.53 bits per heavy atom. The molecule has 2 atom stereocenters. The zero-order chi connectivity index (χ0) is 12.3. The number of nitrogens with one attached hydrogen (secondary N) is 1. The highest BCUT2D eigenvalue weighted by Crippen LogP contribution is 2.20. The monoisotopic (exact) mass is 261 g/mol. The summed E-state index contributed by atoms with van der Waals surface area (Å²) in [5.41, 5.74) is 0. The molecule has 5 heteroatoms. The molecule has 1 saturated heterocycles. The number of aliphatic hydroxyl groups is 1. The Kier molecular flexibility index (Phi) is 4.44. The first-order chi connectivity index (χ1) is 8.07. The predicted octanol–water partition coefficient (Wildman–Crippen LogP) is 0.847. The second kappa shape index (κ2) is 5.67. The van der Waals surface area contributed by atoms with Crippen LogP contribution in [-0.4, -0.2) is 43.2 Å².